The van der Waals surface area contributed by atoms with Gasteiger partial charge in [-0.2, -0.15) is 0 Å². The number of nitrogens with one attached hydrogen (secondary N) is 2. The van der Waals surface area contributed by atoms with E-state index in [0.29, 0.717) is 34.7 Å². The average Bonchev–Trinajstić information content (AvgIpc) is 2.72. The summed E-state index contributed by atoms with van der Waals surface area (Å²) in [5.41, 5.74) is 4.18. The number of anilines is 2. The van der Waals surface area contributed by atoms with Crippen LogP contribution < -0.4 is 10.6 Å². The molecule has 0 aliphatic heterocycles. The van der Waals surface area contributed by atoms with E-state index in [2.05, 4.69) is 27.2 Å². The molecule has 3 rings (SSSR count). The molecule has 3 aromatic rings. The number of carbonyl (C=O) groups excluding carboxylic acids is 1. The van der Waals surface area contributed by atoms with E-state index in [1.807, 2.05) is 13.8 Å². The average molecular weight is 390 g/mol. The number of allylic oxidation sites excluding steroid dienone is 1. The molecule has 148 valence electrons. The maximum Gasteiger partial charge on any atom is 0.254 e. The molecule has 0 saturated carbocycles. The Morgan fingerprint density at radius 3 is 2.66 bits per heavy atom. The molecule has 1 aromatic carbocycles. The van der Waals surface area contributed by atoms with E-state index in [0.717, 1.165) is 17.6 Å². The van der Waals surface area contributed by atoms with Gasteiger partial charge in [0.05, 0.1) is 16.9 Å². The first-order valence-electron chi connectivity index (χ1n) is 9.41. The Morgan fingerprint density at radius 2 is 1.93 bits per heavy atom. The zero-order valence-corrected chi connectivity index (χ0v) is 16.5. The lowest BCUT2D eigenvalue weighted by Gasteiger charge is -2.16. The van der Waals surface area contributed by atoms with E-state index < -0.39 is 0 Å². The van der Waals surface area contributed by atoms with Gasteiger partial charge in [-0.25, -0.2) is 4.39 Å². The number of amides is 1. The second kappa shape index (κ2) is 9.10. The van der Waals surface area contributed by atoms with Crippen molar-refractivity contribution in [3.8, 4) is 11.3 Å². The minimum atomic E-state index is -0.349. The van der Waals surface area contributed by atoms with Gasteiger partial charge < -0.3 is 10.6 Å². The van der Waals surface area contributed by atoms with Crippen molar-refractivity contribution in [2.75, 3.05) is 11.9 Å². The fourth-order valence-electron chi connectivity index (χ4n) is 2.88. The number of benzene rings is 1. The minimum absolute atomic E-state index is 0.206. The van der Waals surface area contributed by atoms with Crippen LogP contribution in [0, 0.1) is 5.82 Å². The molecule has 0 saturated heterocycles. The number of rotatable bonds is 7. The second-order valence-electron chi connectivity index (χ2n) is 6.68. The van der Waals surface area contributed by atoms with Crippen LogP contribution in [0.3, 0.4) is 0 Å². The molecular formula is C23H23FN4O. The highest BCUT2D eigenvalue weighted by molar-refractivity contribution is 6.00. The summed E-state index contributed by atoms with van der Waals surface area (Å²) in [5.74, 6) is -0.555. The zero-order valence-electron chi connectivity index (χ0n) is 16.5. The molecule has 5 nitrogen and oxygen atoms in total. The molecule has 6 heteroatoms. The molecule has 0 atom stereocenters. The molecule has 0 bridgehead atoms. The predicted molar refractivity (Wildman–Crippen MR) is 114 cm³/mol. The predicted octanol–water partition coefficient (Wildman–Crippen LogP) is 5.20. The molecular weight excluding hydrogens is 367 g/mol. The number of hydrogen-bond acceptors (Lipinski definition) is 4. The van der Waals surface area contributed by atoms with Crippen molar-refractivity contribution >= 4 is 22.9 Å². The molecule has 0 unspecified atom stereocenters. The van der Waals surface area contributed by atoms with E-state index in [4.69, 9.17) is 0 Å². The van der Waals surface area contributed by atoms with Crippen molar-refractivity contribution in [2.45, 2.75) is 20.3 Å². The van der Waals surface area contributed by atoms with Crippen molar-refractivity contribution in [3.05, 3.63) is 78.5 Å². The van der Waals surface area contributed by atoms with Gasteiger partial charge in [0.2, 0.25) is 0 Å². The highest BCUT2D eigenvalue weighted by atomic mass is 19.1. The maximum absolute atomic E-state index is 14.2. The van der Waals surface area contributed by atoms with Crippen LogP contribution in [0.15, 0.2) is 61.6 Å². The molecule has 2 aromatic heterocycles. The zero-order chi connectivity index (χ0) is 20.8. The summed E-state index contributed by atoms with van der Waals surface area (Å²) in [6.45, 7) is 8.44. The van der Waals surface area contributed by atoms with E-state index in [9.17, 15) is 9.18 Å². The van der Waals surface area contributed by atoms with Crippen LogP contribution in [0.1, 0.15) is 36.2 Å². The molecule has 2 heterocycles. The second-order valence-corrected chi connectivity index (χ2v) is 6.68. The van der Waals surface area contributed by atoms with Crippen molar-refractivity contribution in [3.63, 3.8) is 0 Å². The van der Waals surface area contributed by atoms with Gasteiger partial charge in [0.25, 0.3) is 5.91 Å². The Balaban J connectivity index is 2.03. The highest BCUT2D eigenvalue weighted by Crippen LogP contribution is 2.31. The summed E-state index contributed by atoms with van der Waals surface area (Å²) in [6.07, 6.45) is 5.63. The molecule has 1 amide bonds. The Labute approximate surface area is 169 Å². The Kier molecular flexibility index (Phi) is 6.34. The number of aromatic nitrogens is 2. The van der Waals surface area contributed by atoms with E-state index in [1.165, 1.54) is 12.3 Å². The van der Waals surface area contributed by atoms with Crippen molar-refractivity contribution in [2.24, 2.45) is 0 Å². The smallest absolute Gasteiger partial charge is 0.254 e. The van der Waals surface area contributed by atoms with Crippen LogP contribution in [-0.2, 0) is 0 Å². The van der Waals surface area contributed by atoms with E-state index >= 15 is 0 Å². The van der Waals surface area contributed by atoms with Crippen LogP contribution in [0.5, 0.6) is 0 Å². The van der Waals surface area contributed by atoms with Crippen LogP contribution in [0.4, 0.5) is 15.8 Å². The largest absolute Gasteiger partial charge is 0.354 e. The number of halogens is 1. The third-order valence-electron chi connectivity index (χ3n) is 4.38. The quantitative estimate of drug-likeness (QED) is 0.582. The highest BCUT2D eigenvalue weighted by Gasteiger charge is 2.15. The third kappa shape index (κ3) is 4.66. The van der Waals surface area contributed by atoms with Crippen LogP contribution >= 0.6 is 0 Å². The summed E-state index contributed by atoms with van der Waals surface area (Å²) >= 11 is 0. The fourth-order valence-corrected chi connectivity index (χ4v) is 2.88. The monoisotopic (exact) mass is 390 g/mol. The summed E-state index contributed by atoms with van der Waals surface area (Å²) < 4.78 is 14.2. The lowest BCUT2D eigenvalue weighted by Crippen LogP contribution is -2.25. The van der Waals surface area contributed by atoms with Gasteiger partial charge in [-0.1, -0.05) is 25.6 Å². The summed E-state index contributed by atoms with van der Waals surface area (Å²) in [6, 6.07) is 9.97. The van der Waals surface area contributed by atoms with Gasteiger partial charge in [0, 0.05) is 41.9 Å². The molecule has 0 spiro atoms. The van der Waals surface area contributed by atoms with Gasteiger partial charge in [0.15, 0.2) is 0 Å². The molecule has 29 heavy (non-hydrogen) atoms. The van der Waals surface area contributed by atoms with Gasteiger partial charge in [-0.05, 0) is 43.2 Å². The molecule has 0 radical (unpaired) electrons. The molecule has 0 aliphatic carbocycles. The first-order valence-corrected chi connectivity index (χ1v) is 9.41. The normalized spacial score (nSPS) is 10.4. The van der Waals surface area contributed by atoms with Crippen LogP contribution in [0.25, 0.3) is 16.8 Å². The van der Waals surface area contributed by atoms with Gasteiger partial charge in [-0.15, -0.1) is 0 Å². The Hall–Kier alpha value is -3.54. The standard InChI is InChI=1S/C23H23FN4O/c1-4-10-26-23(29)18-13-25-11-9-20(18)28-22-12-21(27-14-17(22)15(2)3)16-7-5-6-8-19(16)24/h5-9,11-14H,2,4,10H2,1,3H3,(H,26,29)(H,25,27,28). The summed E-state index contributed by atoms with van der Waals surface area (Å²) in [7, 11) is 0. The molecule has 2 N–H and O–H groups in total. The van der Waals surface area contributed by atoms with Crippen molar-refractivity contribution in [1.29, 1.82) is 0 Å². The lowest BCUT2D eigenvalue weighted by atomic mass is 10.0. The summed E-state index contributed by atoms with van der Waals surface area (Å²) in [4.78, 5) is 21.0. The van der Waals surface area contributed by atoms with Gasteiger partial charge in [0.1, 0.15) is 5.82 Å². The van der Waals surface area contributed by atoms with Crippen molar-refractivity contribution in [1.82, 2.24) is 15.3 Å². The van der Waals surface area contributed by atoms with Crippen LogP contribution in [-0.4, -0.2) is 22.4 Å². The van der Waals surface area contributed by atoms with Crippen molar-refractivity contribution < 1.29 is 9.18 Å². The lowest BCUT2D eigenvalue weighted by molar-refractivity contribution is 0.0954. The number of carbonyl (C=O) groups is 1. The van der Waals surface area contributed by atoms with E-state index in [-0.39, 0.29) is 11.7 Å². The Bertz CT molecular complexity index is 1050. The minimum Gasteiger partial charge on any atom is -0.354 e. The Morgan fingerprint density at radius 1 is 1.14 bits per heavy atom. The van der Waals surface area contributed by atoms with Gasteiger partial charge >= 0.3 is 0 Å². The molecule has 0 aliphatic rings. The van der Waals surface area contributed by atoms with Gasteiger partial charge in [-0.3, -0.25) is 14.8 Å². The first-order chi connectivity index (χ1) is 14.0. The SMILES string of the molecule is C=C(C)c1cnc(-c2ccccc2F)cc1Nc1ccncc1C(=O)NCCC. The van der Waals surface area contributed by atoms with Crippen LogP contribution in [0.2, 0.25) is 0 Å². The summed E-state index contributed by atoms with van der Waals surface area (Å²) in [5, 5.41) is 6.14. The van der Waals surface area contributed by atoms with E-state index in [1.54, 1.807) is 42.7 Å². The number of nitrogens with zero attached hydrogens (tertiary/aromatic N) is 2. The maximum atomic E-state index is 14.2. The number of hydrogen-bond donors (Lipinski definition) is 2. The topological polar surface area (TPSA) is 66.9 Å². The molecule has 0 fully saturated rings. The fraction of sp³-hybridized carbons (Fsp3) is 0.174. The third-order valence-corrected chi connectivity index (χ3v) is 4.38. The first kappa shape index (κ1) is 20.2. The number of pyridine rings is 2.